The normalized spacial score (nSPS) is 20.4. The molecule has 1 saturated heterocycles. The van der Waals surface area contributed by atoms with Crippen LogP contribution in [0.2, 0.25) is 0 Å². The lowest BCUT2D eigenvalue weighted by Crippen LogP contribution is -2.34. The zero-order valence-corrected chi connectivity index (χ0v) is 12.3. The molecule has 1 aliphatic rings. The standard InChI is InChI=1S/C16H25N3O/c1-2-15-9-4-3-5-10-19(15)12-13-7-6-8-14(11-13)16(20)18-17/h6-8,11,15H,2-5,9-10,12,17H2,1H3,(H,18,20). The van der Waals surface area contributed by atoms with E-state index in [9.17, 15) is 4.79 Å². The Labute approximate surface area is 121 Å². The molecule has 0 aromatic heterocycles. The van der Waals surface area contributed by atoms with Crippen molar-refractivity contribution < 1.29 is 4.79 Å². The highest BCUT2D eigenvalue weighted by Crippen LogP contribution is 2.21. The predicted octanol–water partition coefficient (Wildman–Crippen LogP) is 2.44. The molecular weight excluding hydrogens is 250 g/mol. The summed E-state index contributed by atoms with van der Waals surface area (Å²) in [6.07, 6.45) is 6.44. The molecule has 1 unspecified atom stereocenters. The monoisotopic (exact) mass is 275 g/mol. The largest absolute Gasteiger partial charge is 0.296 e. The van der Waals surface area contributed by atoms with Gasteiger partial charge in [-0.15, -0.1) is 0 Å². The summed E-state index contributed by atoms with van der Waals surface area (Å²) in [7, 11) is 0. The summed E-state index contributed by atoms with van der Waals surface area (Å²) in [5.41, 5.74) is 4.01. The molecular formula is C16H25N3O. The summed E-state index contributed by atoms with van der Waals surface area (Å²) >= 11 is 0. The maximum absolute atomic E-state index is 11.6. The molecule has 1 amide bonds. The number of hydrogen-bond acceptors (Lipinski definition) is 3. The first-order valence-electron chi connectivity index (χ1n) is 7.58. The molecule has 3 N–H and O–H groups in total. The van der Waals surface area contributed by atoms with E-state index >= 15 is 0 Å². The molecule has 20 heavy (non-hydrogen) atoms. The summed E-state index contributed by atoms with van der Waals surface area (Å²) in [6.45, 7) is 4.34. The summed E-state index contributed by atoms with van der Waals surface area (Å²) in [6, 6.07) is 8.43. The van der Waals surface area contributed by atoms with Crippen molar-refractivity contribution in [3.05, 3.63) is 35.4 Å². The Hall–Kier alpha value is -1.39. The van der Waals surface area contributed by atoms with Crippen molar-refractivity contribution in [3.63, 3.8) is 0 Å². The fourth-order valence-electron chi connectivity index (χ4n) is 3.04. The van der Waals surface area contributed by atoms with Gasteiger partial charge in [0.05, 0.1) is 0 Å². The van der Waals surface area contributed by atoms with Crippen LogP contribution in [0.1, 0.15) is 54.9 Å². The van der Waals surface area contributed by atoms with Crippen LogP contribution < -0.4 is 11.3 Å². The number of hydrogen-bond donors (Lipinski definition) is 2. The van der Waals surface area contributed by atoms with Gasteiger partial charge in [-0.05, 0) is 43.5 Å². The zero-order chi connectivity index (χ0) is 14.4. The van der Waals surface area contributed by atoms with Gasteiger partial charge < -0.3 is 0 Å². The molecule has 1 heterocycles. The van der Waals surface area contributed by atoms with Gasteiger partial charge in [0.25, 0.3) is 5.91 Å². The first kappa shape index (κ1) is 15.0. The molecule has 4 heteroatoms. The van der Waals surface area contributed by atoms with E-state index in [2.05, 4.69) is 23.3 Å². The van der Waals surface area contributed by atoms with E-state index in [4.69, 9.17) is 5.84 Å². The zero-order valence-electron chi connectivity index (χ0n) is 12.3. The Morgan fingerprint density at radius 2 is 2.25 bits per heavy atom. The van der Waals surface area contributed by atoms with Crippen molar-refractivity contribution in [1.82, 2.24) is 10.3 Å². The Morgan fingerprint density at radius 3 is 3.00 bits per heavy atom. The number of nitrogen functional groups attached to an aromatic ring is 1. The minimum atomic E-state index is -0.227. The summed E-state index contributed by atoms with van der Waals surface area (Å²) in [4.78, 5) is 14.1. The smallest absolute Gasteiger partial charge is 0.265 e. The number of benzene rings is 1. The van der Waals surface area contributed by atoms with E-state index in [1.165, 1.54) is 37.7 Å². The third-order valence-corrected chi connectivity index (χ3v) is 4.18. The van der Waals surface area contributed by atoms with Crippen molar-refractivity contribution in [2.24, 2.45) is 5.84 Å². The minimum Gasteiger partial charge on any atom is -0.296 e. The predicted molar refractivity (Wildman–Crippen MR) is 81.1 cm³/mol. The lowest BCUT2D eigenvalue weighted by molar-refractivity contribution is 0.0953. The van der Waals surface area contributed by atoms with Crippen LogP contribution in [0.25, 0.3) is 0 Å². The molecule has 1 fully saturated rings. The van der Waals surface area contributed by atoms with E-state index in [0.717, 1.165) is 13.1 Å². The fraction of sp³-hybridized carbons (Fsp3) is 0.562. The second-order valence-corrected chi connectivity index (χ2v) is 5.56. The molecule has 0 bridgehead atoms. The van der Waals surface area contributed by atoms with Crippen LogP contribution >= 0.6 is 0 Å². The molecule has 2 rings (SSSR count). The van der Waals surface area contributed by atoms with Gasteiger partial charge >= 0.3 is 0 Å². The maximum atomic E-state index is 11.6. The Kier molecular flexibility index (Phi) is 5.56. The van der Waals surface area contributed by atoms with Crippen LogP contribution in [0.5, 0.6) is 0 Å². The molecule has 1 aromatic carbocycles. The average molecular weight is 275 g/mol. The third-order valence-electron chi connectivity index (χ3n) is 4.18. The number of nitrogens with one attached hydrogen (secondary N) is 1. The Balaban J connectivity index is 2.09. The van der Waals surface area contributed by atoms with Gasteiger partial charge in [-0.1, -0.05) is 31.9 Å². The number of likely N-dealkylation sites (tertiary alicyclic amines) is 1. The van der Waals surface area contributed by atoms with Gasteiger partial charge in [-0.2, -0.15) is 0 Å². The highest BCUT2D eigenvalue weighted by Gasteiger charge is 2.19. The van der Waals surface area contributed by atoms with E-state index in [1.54, 1.807) is 6.07 Å². The van der Waals surface area contributed by atoms with E-state index in [0.29, 0.717) is 11.6 Å². The van der Waals surface area contributed by atoms with Gasteiger partial charge in [0.1, 0.15) is 0 Å². The van der Waals surface area contributed by atoms with Crippen molar-refractivity contribution in [3.8, 4) is 0 Å². The van der Waals surface area contributed by atoms with E-state index in [-0.39, 0.29) is 5.91 Å². The van der Waals surface area contributed by atoms with Crippen LogP contribution in [0.3, 0.4) is 0 Å². The Bertz CT molecular complexity index is 447. The number of carbonyl (C=O) groups excluding carboxylic acids is 1. The first-order valence-corrected chi connectivity index (χ1v) is 7.58. The molecule has 1 aromatic rings. The summed E-state index contributed by atoms with van der Waals surface area (Å²) in [5.74, 6) is 4.97. The second kappa shape index (κ2) is 7.41. The van der Waals surface area contributed by atoms with Crippen LogP contribution in [-0.4, -0.2) is 23.4 Å². The SMILES string of the molecule is CCC1CCCCCN1Cc1cccc(C(=O)NN)c1. The molecule has 0 saturated carbocycles. The van der Waals surface area contributed by atoms with Crippen molar-refractivity contribution in [2.75, 3.05) is 6.54 Å². The quantitative estimate of drug-likeness (QED) is 0.504. The van der Waals surface area contributed by atoms with Crippen molar-refractivity contribution in [2.45, 2.75) is 51.6 Å². The van der Waals surface area contributed by atoms with Crippen LogP contribution in [-0.2, 0) is 6.54 Å². The van der Waals surface area contributed by atoms with Gasteiger partial charge in [0, 0.05) is 18.2 Å². The molecule has 0 aliphatic carbocycles. The number of amides is 1. The molecule has 1 atom stereocenters. The minimum absolute atomic E-state index is 0.227. The van der Waals surface area contributed by atoms with Gasteiger partial charge in [-0.3, -0.25) is 15.1 Å². The lowest BCUT2D eigenvalue weighted by Gasteiger charge is -2.29. The van der Waals surface area contributed by atoms with Crippen molar-refractivity contribution in [1.29, 1.82) is 0 Å². The van der Waals surface area contributed by atoms with Crippen molar-refractivity contribution >= 4 is 5.91 Å². The second-order valence-electron chi connectivity index (χ2n) is 5.56. The van der Waals surface area contributed by atoms with E-state index in [1.807, 2.05) is 12.1 Å². The Morgan fingerprint density at radius 1 is 1.40 bits per heavy atom. The average Bonchev–Trinajstić information content (AvgIpc) is 2.71. The number of nitrogens with two attached hydrogens (primary N) is 1. The van der Waals surface area contributed by atoms with E-state index < -0.39 is 0 Å². The van der Waals surface area contributed by atoms with Gasteiger partial charge in [0.15, 0.2) is 0 Å². The number of rotatable bonds is 4. The number of carbonyl (C=O) groups is 1. The summed E-state index contributed by atoms with van der Waals surface area (Å²) in [5, 5.41) is 0. The molecule has 4 nitrogen and oxygen atoms in total. The third kappa shape index (κ3) is 3.81. The maximum Gasteiger partial charge on any atom is 0.265 e. The molecule has 110 valence electrons. The number of hydrazine groups is 1. The van der Waals surface area contributed by atoms with Crippen LogP contribution in [0, 0.1) is 0 Å². The van der Waals surface area contributed by atoms with Crippen LogP contribution in [0.15, 0.2) is 24.3 Å². The lowest BCUT2D eigenvalue weighted by atomic mass is 10.1. The topological polar surface area (TPSA) is 58.4 Å². The first-order chi connectivity index (χ1) is 9.74. The number of nitrogens with zero attached hydrogens (tertiary/aromatic N) is 1. The highest BCUT2D eigenvalue weighted by atomic mass is 16.2. The molecule has 0 radical (unpaired) electrons. The molecule has 0 spiro atoms. The fourth-order valence-corrected chi connectivity index (χ4v) is 3.04. The summed E-state index contributed by atoms with van der Waals surface area (Å²) < 4.78 is 0. The van der Waals surface area contributed by atoms with Crippen LogP contribution in [0.4, 0.5) is 0 Å². The van der Waals surface area contributed by atoms with Gasteiger partial charge in [-0.25, -0.2) is 5.84 Å². The molecule has 1 aliphatic heterocycles. The highest BCUT2D eigenvalue weighted by molar-refractivity contribution is 5.93. The van der Waals surface area contributed by atoms with Gasteiger partial charge in [0.2, 0.25) is 0 Å².